The molecule has 0 aliphatic heterocycles. The molecule has 0 aliphatic carbocycles. The third kappa shape index (κ3) is 3.45. The lowest BCUT2D eigenvalue weighted by Crippen LogP contribution is -2.02. The first-order valence-electron chi connectivity index (χ1n) is 5.73. The van der Waals surface area contributed by atoms with E-state index >= 15 is 0 Å². The minimum Gasteiger partial charge on any atom is -0.435 e. The molecule has 0 saturated carbocycles. The first kappa shape index (κ1) is 14.3. The van der Waals surface area contributed by atoms with E-state index in [0.717, 1.165) is 16.0 Å². The smallest absolute Gasteiger partial charge is 0.387 e. The third-order valence-corrected chi connectivity index (χ3v) is 4.52. The minimum absolute atomic E-state index is 0.140. The highest BCUT2D eigenvalue weighted by molar-refractivity contribution is 7.12. The number of halogens is 3. The second kappa shape index (κ2) is 5.88. The van der Waals surface area contributed by atoms with Crippen molar-refractivity contribution in [1.29, 1.82) is 0 Å². The van der Waals surface area contributed by atoms with Gasteiger partial charge in [0.2, 0.25) is 0 Å². The van der Waals surface area contributed by atoms with E-state index in [4.69, 9.17) is 11.6 Å². The molecule has 2 aromatic rings. The summed E-state index contributed by atoms with van der Waals surface area (Å²) < 4.78 is 28.4. The van der Waals surface area contributed by atoms with Gasteiger partial charge in [0.25, 0.3) is 0 Å². The van der Waals surface area contributed by atoms with E-state index < -0.39 is 6.61 Å². The van der Waals surface area contributed by atoms with Crippen molar-refractivity contribution < 1.29 is 13.5 Å². The summed E-state index contributed by atoms with van der Waals surface area (Å²) in [6.45, 7) is 1.24. The molecule has 1 aromatic heterocycles. The maximum Gasteiger partial charge on any atom is 0.387 e. The van der Waals surface area contributed by atoms with Crippen molar-refractivity contribution in [3.05, 3.63) is 51.2 Å². The van der Waals surface area contributed by atoms with Crippen molar-refractivity contribution in [2.45, 2.75) is 25.8 Å². The van der Waals surface area contributed by atoms with Gasteiger partial charge in [-0.05, 0) is 43.2 Å². The zero-order chi connectivity index (χ0) is 14.0. The fourth-order valence-corrected chi connectivity index (χ4v) is 3.37. The Morgan fingerprint density at radius 1 is 1.16 bits per heavy atom. The first-order valence-corrected chi connectivity index (χ1v) is 6.98. The van der Waals surface area contributed by atoms with Crippen LogP contribution in [0, 0.1) is 13.8 Å². The largest absolute Gasteiger partial charge is 0.435 e. The lowest BCUT2D eigenvalue weighted by molar-refractivity contribution is -0.0498. The fraction of sp³-hybridized carbons (Fsp3) is 0.286. The Labute approximate surface area is 119 Å². The summed E-state index contributed by atoms with van der Waals surface area (Å²) in [5.74, 6) is 0.140. The van der Waals surface area contributed by atoms with Crippen molar-refractivity contribution >= 4 is 22.9 Å². The highest BCUT2D eigenvalue weighted by Crippen LogP contribution is 2.36. The monoisotopic (exact) mass is 302 g/mol. The SMILES string of the molecule is Cc1cc(C)c(C(Cl)c2ccc(OC(F)F)cc2)s1. The number of ether oxygens (including phenoxy) is 1. The van der Waals surface area contributed by atoms with Gasteiger partial charge in [-0.2, -0.15) is 8.78 Å². The van der Waals surface area contributed by atoms with Crippen LogP contribution < -0.4 is 4.74 Å². The summed E-state index contributed by atoms with van der Waals surface area (Å²) in [6, 6.07) is 8.52. The Morgan fingerprint density at radius 3 is 2.26 bits per heavy atom. The lowest BCUT2D eigenvalue weighted by atomic mass is 10.1. The molecule has 1 aromatic carbocycles. The minimum atomic E-state index is -2.81. The van der Waals surface area contributed by atoms with Crippen molar-refractivity contribution in [1.82, 2.24) is 0 Å². The van der Waals surface area contributed by atoms with Crippen LogP contribution in [0.25, 0.3) is 0 Å². The summed E-state index contributed by atoms with van der Waals surface area (Å²) in [6.07, 6.45) is 0. The van der Waals surface area contributed by atoms with E-state index in [9.17, 15) is 8.78 Å². The van der Waals surface area contributed by atoms with E-state index in [1.807, 2.05) is 13.8 Å². The van der Waals surface area contributed by atoms with Gasteiger partial charge in [0.15, 0.2) is 0 Å². The highest BCUT2D eigenvalue weighted by Gasteiger charge is 2.16. The number of benzene rings is 1. The topological polar surface area (TPSA) is 9.23 Å². The van der Waals surface area contributed by atoms with E-state index in [1.165, 1.54) is 17.0 Å². The molecule has 2 rings (SSSR count). The molecule has 1 atom stereocenters. The molecule has 102 valence electrons. The Balaban J connectivity index is 2.20. The lowest BCUT2D eigenvalue weighted by Gasteiger charge is -2.10. The zero-order valence-corrected chi connectivity index (χ0v) is 12.1. The molecule has 0 amide bonds. The maximum atomic E-state index is 12.1. The summed E-state index contributed by atoms with van der Waals surface area (Å²) >= 11 is 8.08. The number of rotatable bonds is 4. The molecule has 19 heavy (non-hydrogen) atoms. The summed E-state index contributed by atoms with van der Waals surface area (Å²) in [5.41, 5.74) is 2.02. The zero-order valence-electron chi connectivity index (χ0n) is 10.5. The normalized spacial score (nSPS) is 12.7. The average Bonchev–Trinajstić information content (AvgIpc) is 2.68. The molecule has 1 heterocycles. The number of aryl methyl sites for hydroxylation is 2. The number of thiophene rings is 1. The molecule has 0 aliphatic rings. The summed E-state index contributed by atoms with van der Waals surface area (Å²) in [7, 11) is 0. The Bertz CT molecular complexity index is 551. The van der Waals surface area contributed by atoms with E-state index in [1.54, 1.807) is 23.5 Å². The summed E-state index contributed by atoms with van der Waals surface area (Å²) in [5, 5.41) is -0.265. The van der Waals surface area contributed by atoms with Crippen LogP contribution >= 0.6 is 22.9 Å². The van der Waals surface area contributed by atoms with Gasteiger partial charge in [-0.15, -0.1) is 22.9 Å². The van der Waals surface area contributed by atoms with Crippen molar-refractivity contribution in [3.63, 3.8) is 0 Å². The van der Waals surface area contributed by atoms with Crippen LogP contribution in [0.2, 0.25) is 0 Å². The molecule has 5 heteroatoms. The van der Waals surface area contributed by atoms with Gasteiger partial charge in [0.05, 0.1) is 5.38 Å². The molecule has 0 fully saturated rings. The predicted octanol–water partition coefficient (Wildman–Crippen LogP) is 5.29. The third-order valence-electron chi connectivity index (χ3n) is 2.71. The number of hydrogen-bond donors (Lipinski definition) is 0. The van der Waals surface area contributed by atoms with Crippen LogP contribution in [0.3, 0.4) is 0 Å². The van der Waals surface area contributed by atoms with E-state index in [0.29, 0.717) is 0 Å². The second-order valence-corrected chi connectivity index (χ2v) is 5.94. The van der Waals surface area contributed by atoms with Crippen LogP contribution in [0.15, 0.2) is 30.3 Å². The molecule has 0 saturated heterocycles. The van der Waals surface area contributed by atoms with Gasteiger partial charge < -0.3 is 4.74 Å². The average molecular weight is 303 g/mol. The van der Waals surface area contributed by atoms with Gasteiger partial charge in [-0.25, -0.2) is 0 Å². The molecule has 0 spiro atoms. The molecule has 0 radical (unpaired) electrons. The molecule has 1 unspecified atom stereocenters. The molecule has 0 bridgehead atoms. The Kier molecular flexibility index (Phi) is 4.42. The van der Waals surface area contributed by atoms with Crippen molar-refractivity contribution in [2.24, 2.45) is 0 Å². The highest BCUT2D eigenvalue weighted by atomic mass is 35.5. The van der Waals surface area contributed by atoms with Crippen LogP contribution in [0.1, 0.15) is 26.3 Å². The maximum absolute atomic E-state index is 12.1. The van der Waals surface area contributed by atoms with Gasteiger partial charge in [0.1, 0.15) is 5.75 Å². The number of alkyl halides is 3. The molecule has 0 N–H and O–H groups in total. The van der Waals surface area contributed by atoms with Gasteiger partial charge in [-0.1, -0.05) is 12.1 Å². The quantitative estimate of drug-likeness (QED) is 0.697. The van der Waals surface area contributed by atoms with Crippen LogP contribution in [0.4, 0.5) is 8.78 Å². The standard InChI is InChI=1S/C14H13ClF2OS/c1-8-7-9(2)19-13(8)12(15)10-3-5-11(6-4-10)18-14(16)17/h3-7,12,14H,1-2H3. The van der Waals surface area contributed by atoms with Crippen molar-refractivity contribution in [2.75, 3.05) is 0 Å². The fourth-order valence-electron chi connectivity index (χ4n) is 1.88. The van der Waals surface area contributed by atoms with Gasteiger partial charge in [0, 0.05) is 9.75 Å². The van der Waals surface area contributed by atoms with Gasteiger partial charge in [-0.3, -0.25) is 0 Å². The van der Waals surface area contributed by atoms with Gasteiger partial charge >= 0.3 is 6.61 Å². The van der Waals surface area contributed by atoms with Crippen LogP contribution in [0.5, 0.6) is 5.75 Å². The predicted molar refractivity (Wildman–Crippen MR) is 74.6 cm³/mol. The molecular weight excluding hydrogens is 290 g/mol. The van der Waals surface area contributed by atoms with Crippen molar-refractivity contribution in [3.8, 4) is 5.75 Å². The molecular formula is C14H13ClF2OS. The summed E-state index contributed by atoms with van der Waals surface area (Å²) in [4.78, 5) is 2.29. The van der Waals surface area contributed by atoms with E-state index in [-0.39, 0.29) is 11.1 Å². The Morgan fingerprint density at radius 2 is 1.79 bits per heavy atom. The van der Waals surface area contributed by atoms with Crippen LogP contribution in [-0.4, -0.2) is 6.61 Å². The Hall–Kier alpha value is -1.13. The second-order valence-electron chi connectivity index (χ2n) is 4.21. The van der Waals surface area contributed by atoms with E-state index in [2.05, 4.69) is 10.8 Å². The molecule has 1 nitrogen and oxygen atoms in total. The number of hydrogen-bond acceptors (Lipinski definition) is 2. The van der Waals surface area contributed by atoms with Crippen LogP contribution in [-0.2, 0) is 0 Å². The first-order chi connectivity index (χ1) is 8.97.